The second-order valence-corrected chi connectivity index (χ2v) is 6.45. The molecule has 0 aliphatic heterocycles. The van der Waals surface area contributed by atoms with E-state index in [1.165, 1.54) is 54.7 Å². The molecular formula is C21H16F3N3O3. The van der Waals surface area contributed by atoms with E-state index in [4.69, 9.17) is 5.73 Å². The number of aromatic nitrogens is 1. The highest BCUT2D eigenvalue weighted by atomic mass is 19.4. The zero-order valence-corrected chi connectivity index (χ0v) is 15.4. The van der Waals surface area contributed by atoms with Crippen LogP contribution in [-0.2, 0) is 12.7 Å². The van der Waals surface area contributed by atoms with E-state index in [1.807, 2.05) is 0 Å². The fraction of sp³-hybridized carbons (Fsp3) is 0.0952. The largest absolute Gasteiger partial charge is 0.416 e. The third-order valence-corrected chi connectivity index (χ3v) is 4.30. The van der Waals surface area contributed by atoms with Gasteiger partial charge in [-0.3, -0.25) is 14.4 Å². The van der Waals surface area contributed by atoms with Crippen LogP contribution >= 0.6 is 0 Å². The van der Waals surface area contributed by atoms with E-state index in [-0.39, 0.29) is 23.2 Å². The fourth-order valence-electron chi connectivity index (χ4n) is 2.79. The molecule has 1 heterocycles. The number of nitrogens with zero attached hydrogens (tertiary/aromatic N) is 1. The van der Waals surface area contributed by atoms with E-state index in [0.717, 1.165) is 16.7 Å². The number of hydrogen-bond donors (Lipinski definition) is 2. The molecule has 1 aromatic heterocycles. The second-order valence-electron chi connectivity index (χ2n) is 6.45. The highest BCUT2D eigenvalue weighted by Crippen LogP contribution is 2.29. The Balaban J connectivity index is 1.82. The molecule has 0 saturated heterocycles. The van der Waals surface area contributed by atoms with Crippen molar-refractivity contribution in [3.05, 3.63) is 99.5 Å². The number of halogens is 3. The van der Waals surface area contributed by atoms with Crippen LogP contribution < -0.4 is 16.6 Å². The molecule has 0 aliphatic rings. The van der Waals surface area contributed by atoms with E-state index < -0.39 is 29.1 Å². The Bertz CT molecular complexity index is 1150. The van der Waals surface area contributed by atoms with Gasteiger partial charge in [0.2, 0.25) is 5.91 Å². The lowest BCUT2D eigenvalue weighted by molar-refractivity contribution is -0.137. The van der Waals surface area contributed by atoms with E-state index in [0.29, 0.717) is 5.69 Å². The minimum Gasteiger partial charge on any atom is -0.366 e. The van der Waals surface area contributed by atoms with Gasteiger partial charge in [-0.1, -0.05) is 12.1 Å². The number of nitrogens with two attached hydrogens (primary N) is 1. The van der Waals surface area contributed by atoms with E-state index >= 15 is 0 Å². The number of carbonyl (C=O) groups is 2. The van der Waals surface area contributed by atoms with Crippen molar-refractivity contribution >= 4 is 17.5 Å². The average molecular weight is 415 g/mol. The Morgan fingerprint density at radius 1 is 1.00 bits per heavy atom. The van der Waals surface area contributed by atoms with Gasteiger partial charge < -0.3 is 15.6 Å². The number of alkyl halides is 3. The third kappa shape index (κ3) is 4.75. The van der Waals surface area contributed by atoms with Gasteiger partial charge in [-0.15, -0.1) is 0 Å². The first kappa shape index (κ1) is 20.8. The SMILES string of the molecule is NC(=O)c1ccc(NC(=O)c2cccn(Cc3cccc(C(F)(F)F)c3)c2=O)cc1. The summed E-state index contributed by atoms with van der Waals surface area (Å²) in [6, 6.07) is 13.2. The standard InChI is InChI=1S/C21H16F3N3O3/c22-21(23,24)15-4-1-3-13(11-15)12-27-10-2-5-17(20(27)30)19(29)26-16-8-6-14(7-9-16)18(25)28/h1-11H,12H2,(H2,25,28)(H,26,29). The van der Waals surface area contributed by atoms with Crippen LogP contribution in [0.3, 0.4) is 0 Å². The van der Waals surface area contributed by atoms with Crippen LogP contribution in [0.25, 0.3) is 0 Å². The summed E-state index contributed by atoms with van der Waals surface area (Å²) in [4.78, 5) is 36.2. The quantitative estimate of drug-likeness (QED) is 0.670. The minimum atomic E-state index is -4.49. The number of rotatable bonds is 5. The van der Waals surface area contributed by atoms with Gasteiger partial charge in [-0.2, -0.15) is 13.2 Å². The normalized spacial score (nSPS) is 11.2. The summed E-state index contributed by atoms with van der Waals surface area (Å²) in [5.74, 6) is -1.31. The molecule has 3 aromatic rings. The smallest absolute Gasteiger partial charge is 0.366 e. The first-order valence-electron chi connectivity index (χ1n) is 8.72. The Labute approximate surface area is 168 Å². The number of amides is 2. The molecule has 2 aromatic carbocycles. The van der Waals surface area contributed by atoms with Gasteiger partial charge in [0.15, 0.2) is 0 Å². The van der Waals surface area contributed by atoms with Crippen molar-refractivity contribution in [3.63, 3.8) is 0 Å². The summed E-state index contributed by atoms with van der Waals surface area (Å²) in [6.07, 6.45) is -3.10. The maximum absolute atomic E-state index is 12.9. The molecule has 6 nitrogen and oxygen atoms in total. The van der Waals surface area contributed by atoms with Crippen LogP contribution in [0.4, 0.5) is 18.9 Å². The van der Waals surface area contributed by atoms with E-state index in [9.17, 15) is 27.6 Å². The molecule has 0 saturated carbocycles. The van der Waals surface area contributed by atoms with Crippen LogP contribution in [0.5, 0.6) is 0 Å². The Morgan fingerprint density at radius 3 is 2.33 bits per heavy atom. The van der Waals surface area contributed by atoms with E-state index in [1.54, 1.807) is 0 Å². The summed E-state index contributed by atoms with van der Waals surface area (Å²) in [5.41, 5.74) is 4.38. The molecule has 0 aliphatic carbocycles. The maximum Gasteiger partial charge on any atom is 0.416 e. The molecule has 0 fully saturated rings. The molecule has 3 rings (SSSR count). The molecule has 30 heavy (non-hydrogen) atoms. The molecule has 0 spiro atoms. The van der Waals surface area contributed by atoms with Gasteiger partial charge >= 0.3 is 6.18 Å². The zero-order valence-electron chi connectivity index (χ0n) is 15.4. The summed E-state index contributed by atoms with van der Waals surface area (Å²) in [5, 5.41) is 2.53. The number of anilines is 1. The van der Waals surface area contributed by atoms with Crippen molar-refractivity contribution in [2.24, 2.45) is 5.73 Å². The Hall–Kier alpha value is -3.88. The second kappa shape index (κ2) is 8.24. The number of hydrogen-bond acceptors (Lipinski definition) is 3. The third-order valence-electron chi connectivity index (χ3n) is 4.30. The van der Waals surface area contributed by atoms with Crippen molar-refractivity contribution in [2.45, 2.75) is 12.7 Å². The first-order chi connectivity index (χ1) is 14.1. The van der Waals surface area contributed by atoms with Crippen molar-refractivity contribution in [1.29, 1.82) is 0 Å². The lowest BCUT2D eigenvalue weighted by Crippen LogP contribution is -2.29. The lowest BCUT2D eigenvalue weighted by atomic mass is 10.1. The summed E-state index contributed by atoms with van der Waals surface area (Å²) < 4.78 is 39.8. The lowest BCUT2D eigenvalue weighted by Gasteiger charge is -2.11. The van der Waals surface area contributed by atoms with Gasteiger partial charge in [-0.05, 0) is 54.1 Å². The molecule has 0 unspecified atom stereocenters. The van der Waals surface area contributed by atoms with Gasteiger partial charge in [0, 0.05) is 17.4 Å². The number of primary amides is 1. The van der Waals surface area contributed by atoms with Crippen LogP contribution in [0, 0.1) is 0 Å². The molecule has 0 radical (unpaired) electrons. The number of nitrogens with one attached hydrogen (secondary N) is 1. The van der Waals surface area contributed by atoms with Gasteiger partial charge in [0.25, 0.3) is 11.5 Å². The highest BCUT2D eigenvalue weighted by Gasteiger charge is 2.30. The average Bonchev–Trinajstić information content (AvgIpc) is 2.69. The summed E-state index contributed by atoms with van der Waals surface area (Å²) >= 11 is 0. The van der Waals surface area contributed by atoms with Gasteiger partial charge in [0.1, 0.15) is 5.56 Å². The van der Waals surface area contributed by atoms with E-state index in [2.05, 4.69) is 5.32 Å². The van der Waals surface area contributed by atoms with Crippen molar-refractivity contribution in [1.82, 2.24) is 4.57 Å². The highest BCUT2D eigenvalue weighted by molar-refractivity contribution is 6.04. The molecule has 2 amide bonds. The number of pyridine rings is 1. The molecule has 0 bridgehead atoms. The zero-order chi connectivity index (χ0) is 21.9. The predicted molar refractivity (Wildman–Crippen MR) is 104 cm³/mol. The fourth-order valence-corrected chi connectivity index (χ4v) is 2.79. The van der Waals surface area contributed by atoms with Crippen LogP contribution in [0.2, 0.25) is 0 Å². The molecule has 154 valence electrons. The first-order valence-corrected chi connectivity index (χ1v) is 8.72. The predicted octanol–water partition coefficient (Wildman–Crippen LogP) is 3.27. The van der Waals surface area contributed by atoms with Crippen LogP contribution in [-0.4, -0.2) is 16.4 Å². The van der Waals surface area contributed by atoms with Crippen LogP contribution in [0.15, 0.2) is 71.7 Å². The Kier molecular flexibility index (Phi) is 5.72. The summed E-state index contributed by atoms with van der Waals surface area (Å²) in [6.45, 7) is -0.128. The summed E-state index contributed by atoms with van der Waals surface area (Å²) in [7, 11) is 0. The maximum atomic E-state index is 12.9. The van der Waals surface area contributed by atoms with Crippen LogP contribution in [0.1, 0.15) is 31.8 Å². The minimum absolute atomic E-state index is 0.128. The monoisotopic (exact) mass is 415 g/mol. The number of benzene rings is 2. The topological polar surface area (TPSA) is 94.2 Å². The molecule has 9 heteroatoms. The van der Waals surface area contributed by atoms with Gasteiger partial charge in [0.05, 0.1) is 12.1 Å². The van der Waals surface area contributed by atoms with Crippen molar-refractivity contribution < 1.29 is 22.8 Å². The van der Waals surface area contributed by atoms with Crippen molar-refractivity contribution in [2.75, 3.05) is 5.32 Å². The van der Waals surface area contributed by atoms with Gasteiger partial charge in [-0.25, -0.2) is 0 Å². The number of carbonyl (C=O) groups excluding carboxylic acids is 2. The van der Waals surface area contributed by atoms with Crippen molar-refractivity contribution in [3.8, 4) is 0 Å². The Morgan fingerprint density at radius 2 is 1.70 bits per heavy atom. The molecule has 0 atom stereocenters. The molecule has 3 N–H and O–H groups in total. The molecular weight excluding hydrogens is 399 g/mol.